The molecule has 2 amide bonds. The summed E-state index contributed by atoms with van der Waals surface area (Å²) in [7, 11) is 1.63. The summed E-state index contributed by atoms with van der Waals surface area (Å²) in [6, 6.07) is 4.22. The Labute approximate surface area is 149 Å². The number of carbonyl (C=O) groups excluding carboxylic acids is 2. The Hall–Kier alpha value is -2.28. The standard InChI is InChI=1S/C18H20F2N2O2S/c1-11(2)16(18(24)22(3)9-12-7-8-25-10-12)21-17(23)15-13(19)5-4-6-14(15)20/h4-8,10-11,16H,9H2,1-3H3,(H,21,23)/t16-/m0/s1. The van der Waals surface area contributed by atoms with Gasteiger partial charge in [-0.2, -0.15) is 11.3 Å². The zero-order valence-electron chi connectivity index (χ0n) is 14.3. The second kappa shape index (κ2) is 8.20. The van der Waals surface area contributed by atoms with Gasteiger partial charge < -0.3 is 10.2 Å². The molecule has 1 aromatic carbocycles. The van der Waals surface area contributed by atoms with Crippen LogP contribution in [0.2, 0.25) is 0 Å². The minimum atomic E-state index is -0.959. The topological polar surface area (TPSA) is 49.4 Å². The highest BCUT2D eigenvalue weighted by Gasteiger charge is 2.29. The van der Waals surface area contributed by atoms with Gasteiger partial charge in [-0.1, -0.05) is 19.9 Å². The van der Waals surface area contributed by atoms with E-state index in [1.54, 1.807) is 20.9 Å². The highest BCUT2D eigenvalue weighted by molar-refractivity contribution is 7.07. The minimum Gasteiger partial charge on any atom is -0.340 e. The van der Waals surface area contributed by atoms with Crippen molar-refractivity contribution >= 4 is 23.2 Å². The van der Waals surface area contributed by atoms with Crippen molar-refractivity contribution in [3.8, 4) is 0 Å². The average Bonchev–Trinajstić information content (AvgIpc) is 3.04. The Bertz CT molecular complexity index is 727. The average molecular weight is 366 g/mol. The van der Waals surface area contributed by atoms with Crippen LogP contribution in [0.15, 0.2) is 35.0 Å². The summed E-state index contributed by atoms with van der Waals surface area (Å²) < 4.78 is 27.5. The molecule has 2 aromatic rings. The van der Waals surface area contributed by atoms with Gasteiger partial charge in [-0.15, -0.1) is 0 Å². The molecule has 1 aromatic heterocycles. The molecule has 0 fully saturated rings. The lowest BCUT2D eigenvalue weighted by Crippen LogP contribution is -2.50. The molecule has 134 valence electrons. The van der Waals surface area contributed by atoms with Crippen molar-refractivity contribution in [3.05, 3.63) is 57.8 Å². The van der Waals surface area contributed by atoms with Gasteiger partial charge in [-0.3, -0.25) is 9.59 Å². The zero-order valence-corrected chi connectivity index (χ0v) is 15.1. The van der Waals surface area contributed by atoms with Gasteiger partial charge in [-0.05, 0) is 40.4 Å². The quantitative estimate of drug-likeness (QED) is 0.851. The number of halogens is 2. The Morgan fingerprint density at radius 3 is 2.36 bits per heavy atom. The number of benzene rings is 1. The van der Waals surface area contributed by atoms with Gasteiger partial charge in [0.05, 0.1) is 0 Å². The maximum Gasteiger partial charge on any atom is 0.257 e. The molecule has 0 aliphatic rings. The zero-order chi connectivity index (χ0) is 18.6. The molecule has 0 radical (unpaired) electrons. The summed E-state index contributed by atoms with van der Waals surface area (Å²) in [5, 5.41) is 6.31. The Morgan fingerprint density at radius 1 is 1.20 bits per heavy atom. The van der Waals surface area contributed by atoms with E-state index in [0.717, 1.165) is 17.7 Å². The van der Waals surface area contributed by atoms with E-state index in [1.807, 2.05) is 16.8 Å². The molecule has 1 N–H and O–H groups in total. The predicted molar refractivity (Wildman–Crippen MR) is 93.2 cm³/mol. The molecule has 0 aliphatic heterocycles. The van der Waals surface area contributed by atoms with Crippen molar-refractivity contribution in [2.45, 2.75) is 26.4 Å². The van der Waals surface area contributed by atoms with Crippen molar-refractivity contribution < 1.29 is 18.4 Å². The number of hydrogen-bond donors (Lipinski definition) is 1. The number of nitrogens with zero attached hydrogens (tertiary/aromatic N) is 1. The van der Waals surface area contributed by atoms with Gasteiger partial charge >= 0.3 is 0 Å². The molecule has 0 unspecified atom stereocenters. The minimum absolute atomic E-state index is 0.240. The van der Waals surface area contributed by atoms with Gasteiger partial charge in [0.1, 0.15) is 23.2 Å². The maximum absolute atomic E-state index is 13.8. The highest BCUT2D eigenvalue weighted by atomic mass is 32.1. The lowest BCUT2D eigenvalue weighted by atomic mass is 10.0. The lowest BCUT2D eigenvalue weighted by Gasteiger charge is -2.27. The van der Waals surface area contributed by atoms with E-state index in [0.29, 0.717) is 6.54 Å². The van der Waals surface area contributed by atoms with Crippen LogP contribution in [-0.2, 0) is 11.3 Å². The Balaban J connectivity index is 2.14. The first-order valence-corrected chi connectivity index (χ1v) is 8.76. The third-order valence-corrected chi connectivity index (χ3v) is 4.52. The summed E-state index contributed by atoms with van der Waals surface area (Å²) in [5.41, 5.74) is 0.302. The third-order valence-electron chi connectivity index (χ3n) is 3.79. The molecule has 0 saturated heterocycles. The number of carbonyl (C=O) groups is 2. The summed E-state index contributed by atoms with van der Waals surface area (Å²) in [6.45, 7) is 3.92. The van der Waals surface area contributed by atoms with Crippen LogP contribution in [0.4, 0.5) is 8.78 Å². The summed E-state index contributed by atoms with van der Waals surface area (Å²) >= 11 is 1.53. The SMILES string of the molecule is CC(C)[C@H](NC(=O)c1c(F)cccc1F)C(=O)N(C)Cc1ccsc1. The third kappa shape index (κ3) is 4.63. The summed E-state index contributed by atoms with van der Waals surface area (Å²) in [6.07, 6.45) is 0. The molecule has 1 atom stereocenters. The molecular weight excluding hydrogens is 346 g/mol. The molecule has 0 aliphatic carbocycles. The molecule has 0 saturated carbocycles. The first kappa shape index (κ1) is 19.1. The van der Waals surface area contributed by atoms with Crippen LogP contribution in [0.5, 0.6) is 0 Å². The normalized spacial score (nSPS) is 12.1. The largest absolute Gasteiger partial charge is 0.340 e. The van der Waals surface area contributed by atoms with E-state index < -0.39 is 29.1 Å². The molecule has 7 heteroatoms. The number of likely N-dealkylation sites (N-methyl/N-ethyl adjacent to an activating group) is 1. The lowest BCUT2D eigenvalue weighted by molar-refractivity contribution is -0.133. The van der Waals surface area contributed by atoms with E-state index in [4.69, 9.17) is 0 Å². The van der Waals surface area contributed by atoms with Crippen molar-refractivity contribution in [1.82, 2.24) is 10.2 Å². The van der Waals surface area contributed by atoms with Crippen molar-refractivity contribution in [1.29, 1.82) is 0 Å². The second-order valence-corrected chi connectivity index (χ2v) is 6.90. The smallest absolute Gasteiger partial charge is 0.257 e. The number of hydrogen-bond acceptors (Lipinski definition) is 3. The van der Waals surface area contributed by atoms with Crippen LogP contribution in [0, 0.1) is 17.6 Å². The van der Waals surface area contributed by atoms with Crippen LogP contribution >= 0.6 is 11.3 Å². The fraction of sp³-hybridized carbons (Fsp3) is 0.333. The van der Waals surface area contributed by atoms with Crippen molar-refractivity contribution in [2.24, 2.45) is 5.92 Å². The summed E-state index contributed by atoms with van der Waals surface area (Å²) in [5.74, 6) is -3.41. The van der Waals surface area contributed by atoms with Gasteiger partial charge in [0.15, 0.2) is 0 Å². The predicted octanol–water partition coefficient (Wildman–Crippen LogP) is 3.44. The fourth-order valence-corrected chi connectivity index (χ4v) is 3.07. The van der Waals surface area contributed by atoms with Gasteiger partial charge in [0.25, 0.3) is 5.91 Å². The Kier molecular flexibility index (Phi) is 6.25. The van der Waals surface area contributed by atoms with Crippen LogP contribution in [0.3, 0.4) is 0 Å². The van der Waals surface area contributed by atoms with Gasteiger partial charge in [0, 0.05) is 13.6 Å². The maximum atomic E-state index is 13.8. The summed E-state index contributed by atoms with van der Waals surface area (Å²) in [4.78, 5) is 26.5. The molecule has 4 nitrogen and oxygen atoms in total. The molecule has 2 rings (SSSR count). The monoisotopic (exact) mass is 366 g/mol. The number of rotatable bonds is 6. The van der Waals surface area contributed by atoms with E-state index in [1.165, 1.54) is 22.3 Å². The van der Waals surface area contributed by atoms with E-state index in [2.05, 4.69) is 5.32 Å². The molecular formula is C18H20F2N2O2S. The van der Waals surface area contributed by atoms with Crippen molar-refractivity contribution in [2.75, 3.05) is 7.05 Å². The first-order valence-electron chi connectivity index (χ1n) is 7.82. The van der Waals surface area contributed by atoms with Crippen LogP contribution in [0.1, 0.15) is 29.8 Å². The fourth-order valence-electron chi connectivity index (χ4n) is 2.41. The van der Waals surface area contributed by atoms with Crippen molar-refractivity contribution in [3.63, 3.8) is 0 Å². The van der Waals surface area contributed by atoms with Gasteiger partial charge in [-0.25, -0.2) is 8.78 Å². The molecule has 0 spiro atoms. The molecule has 1 heterocycles. The van der Waals surface area contributed by atoms with Crippen LogP contribution in [-0.4, -0.2) is 29.8 Å². The van der Waals surface area contributed by atoms with Crippen LogP contribution in [0.25, 0.3) is 0 Å². The number of nitrogens with one attached hydrogen (secondary N) is 1. The van der Waals surface area contributed by atoms with E-state index in [-0.39, 0.29) is 11.8 Å². The first-order chi connectivity index (χ1) is 11.8. The second-order valence-electron chi connectivity index (χ2n) is 6.12. The Morgan fingerprint density at radius 2 is 1.84 bits per heavy atom. The van der Waals surface area contributed by atoms with E-state index >= 15 is 0 Å². The van der Waals surface area contributed by atoms with Gasteiger partial charge in [0.2, 0.25) is 5.91 Å². The number of thiophene rings is 1. The number of amides is 2. The van der Waals surface area contributed by atoms with Crippen LogP contribution < -0.4 is 5.32 Å². The molecule has 0 bridgehead atoms. The molecule has 25 heavy (non-hydrogen) atoms. The van der Waals surface area contributed by atoms with E-state index in [9.17, 15) is 18.4 Å². The highest BCUT2D eigenvalue weighted by Crippen LogP contribution is 2.15.